The van der Waals surface area contributed by atoms with E-state index in [-0.39, 0.29) is 12.5 Å². The number of carbonyl (C=O) groups is 1. The minimum Gasteiger partial charge on any atom is -0.306 e. The van der Waals surface area contributed by atoms with E-state index in [2.05, 4.69) is 10.3 Å². The van der Waals surface area contributed by atoms with Crippen molar-refractivity contribution in [2.45, 2.75) is 37.6 Å². The Balaban J connectivity index is 1.31. The van der Waals surface area contributed by atoms with Crippen LogP contribution in [0.25, 0.3) is 10.3 Å². The number of nitrogens with one attached hydrogen (secondary N) is 1. The predicted molar refractivity (Wildman–Crippen MR) is 100 cm³/mol. The Hall–Kier alpha value is -2.56. The second-order valence-corrected chi connectivity index (χ2v) is 7.59. The summed E-state index contributed by atoms with van der Waals surface area (Å²) in [5.41, 5.74) is 1.36. The molecule has 0 aliphatic heterocycles. The summed E-state index contributed by atoms with van der Waals surface area (Å²) < 4.78 is 1.41. The highest BCUT2D eigenvalue weighted by atomic mass is 32.1. The van der Waals surface area contributed by atoms with Gasteiger partial charge in [-0.2, -0.15) is 5.26 Å². The number of thiazole rings is 1. The van der Waals surface area contributed by atoms with Crippen LogP contribution in [0.5, 0.6) is 0 Å². The van der Waals surface area contributed by atoms with Crippen LogP contribution in [-0.2, 0) is 0 Å². The summed E-state index contributed by atoms with van der Waals surface area (Å²) in [5, 5.41) is 13.5. The highest BCUT2D eigenvalue weighted by Crippen LogP contribution is 2.36. The largest absolute Gasteiger partial charge is 0.306 e. The van der Waals surface area contributed by atoms with Crippen LogP contribution in [0.2, 0.25) is 0 Å². The van der Waals surface area contributed by atoms with E-state index < -0.39 is 0 Å². The second kappa shape index (κ2) is 7.36. The number of hydrogen-bond donors (Lipinski definition) is 1. The summed E-state index contributed by atoms with van der Waals surface area (Å²) in [6, 6.07) is 9.67. The number of fused-ring (bicyclic) bond motifs is 1. The summed E-state index contributed by atoms with van der Waals surface area (Å²) in [7, 11) is 0. The van der Waals surface area contributed by atoms with Crippen molar-refractivity contribution in [3.63, 3.8) is 0 Å². The minimum atomic E-state index is -0.0917. The van der Waals surface area contributed by atoms with Crippen LogP contribution in [-0.4, -0.2) is 33.0 Å². The fraction of sp³-hybridized carbons (Fsp3) is 0.368. The van der Waals surface area contributed by atoms with E-state index in [4.69, 9.17) is 10.2 Å². The van der Waals surface area contributed by atoms with Crippen molar-refractivity contribution in [1.82, 2.24) is 19.9 Å². The third-order valence-corrected chi connectivity index (χ3v) is 6.08. The molecule has 3 aromatic heterocycles. The first kappa shape index (κ1) is 16.9. The lowest BCUT2D eigenvalue weighted by Crippen LogP contribution is -2.37. The van der Waals surface area contributed by atoms with Crippen molar-refractivity contribution in [1.29, 1.82) is 5.26 Å². The van der Waals surface area contributed by atoms with Crippen LogP contribution >= 0.6 is 11.3 Å². The van der Waals surface area contributed by atoms with Crippen LogP contribution in [0, 0.1) is 11.3 Å². The molecule has 0 spiro atoms. The average Bonchev–Trinajstić information content (AvgIpc) is 3.33. The Morgan fingerprint density at radius 2 is 2.15 bits per heavy atom. The van der Waals surface area contributed by atoms with Crippen molar-refractivity contribution >= 4 is 27.6 Å². The molecule has 1 aliphatic rings. The third kappa shape index (κ3) is 3.39. The number of carbonyl (C=O) groups excluding carboxylic acids is 1. The van der Waals surface area contributed by atoms with Crippen molar-refractivity contribution < 1.29 is 4.79 Å². The summed E-state index contributed by atoms with van der Waals surface area (Å²) in [6.45, 7) is 0.254. The van der Waals surface area contributed by atoms with Gasteiger partial charge in [0.2, 0.25) is 5.91 Å². The van der Waals surface area contributed by atoms with Crippen molar-refractivity contribution in [3.8, 4) is 6.07 Å². The van der Waals surface area contributed by atoms with Crippen LogP contribution in [0.1, 0.15) is 47.1 Å². The van der Waals surface area contributed by atoms with Crippen LogP contribution in [0.4, 0.5) is 0 Å². The van der Waals surface area contributed by atoms with E-state index in [1.807, 2.05) is 24.4 Å². The van der Waals surface area contributed by atoms with Gasteiger partial charge in [-0.3, -0.25) is 9.36 Å². The fourth-order valence-electron chi connectivity index (χ4n) is 3.51. The van der Waals surface area contributed by atoms with E-state index in [1.54, 1.807) is 29.7 Å². The van der Waals surface area contributed by atoms with Gasteiger partial charge in [-0.15, -0.1) is 0 Å². The molecule has 0 atom stereocenters. The fourth-order valence-corrected chi connectivity index (χ4v) is 4.59. The molecule has 132 valence electrons. The summed E-state index contributed by atoms with van der Waals surface area (Å²) in [6.07, 6.45) is 7.64. The van der Waals surface area contributed by atoms with E-state index in [0.29, 0.717) is 17.7 Å². The maximum atomic E-state index is 12.2. The van der Waals surface area contributed by atoms with Crippen LogP contribution in [0.3, 0.4) is 0 Å². The third-order valence-electron chi connectivity index (χ3n) is 4.93. The monoisotopic (exact) mass is 365 g/mol. The number of aromatic nitrogens is 3. The van der Waals surface area contributed by atoms with Gasteiger partial charge in [0.1, 0.15) is 22.1 Å². The molecule has 1 aliphatic carbocycles. The molecule has 4 rings (SSSR count). The number of nitrogens with zero attached hydrogens (tertiary/aromatic N) is 4. The molecule has 0 aromatic carbocycles. The van der Waals surface area contributed by atoms with Crippen molar-refractivity contribution in [2.75, 3.05) is 6.54 Å². The Morgan fingerprint density at radius 1 is 1.31 bits per heavy atom. The van der Waals surface area contributed by atoms with Gasteiger partial charge in [-0.1, -0.05) is 11.3 Å². The van der Waals surface area contributed by atoms with Crippen LogP contribution in [0.15, 0.2) is 36.7 Å². The molecule has 0 saturated heterocycles. The smallest absolute Gasteiger partial charge is 0.245 e. The molecule has 6 nitrogen and oxygen atoms in total. The Bertz CT molecular complexity index is 929. The highest BCUT2D eigenvalue weighted by molar-refractivity contribution is 7.18. The Labute approximate surface area is 155 Å². The molecule has 26 heavy (non-hydrogen) atoms. The molecule has 1 N–H and O–H groups in total. The van der Waals surface area contributed by atoms with E-state index in [0.717, 1.165) is 36.0 Å². The molecule has 0 bridgehead atoms. The molecule has 1 fully saturated rings. The number of pyridine rings is 1. The second-order valence-electron chi connectivity index (χ2n) is 6.58. The van der Waals surface area contributed by atoms with E-state index in [1.165, 1.54) is 9.57 Å². The van der Waals surface area contributed by atoms with Gasteiger partial charge < -0.3 is 5.32 Å². The summed E-state index contributed by atoms with van der Waals surface area (Å²) in [4.78, 5) is 22.4. The SMILES string of the molecule is N#Cc1cccn1C(=O)CNC1CCC(c2nc3cccnc3s2)CC1. The molecular weight excluding hydrogens is 346 g/mol. The minimum absolute atomic E-state index is 0.0917. The van der Waals surface area contributed by atoms with Gasteiger partial charge in [-0.05, 0) is 49.9 Å². The number of rotatable bonds is 4. The molecule has 1 saturated carbocycles. The highest BCUT2D eigenvalue weighted by Gasteiger charge is 2.25. The van der Waals surface area contributed by atoms with Crippen molar-refractivity contribution in [2.24, 2.45) is 0 Å². The molecule has 0 unspecified atom stereocenters. The van der Waals surface area contributed by atoms with E-state index >= 15 is 0 Å². The van der Waals surface area contributed by atoms with Gasteiger partial charge in [0.15, 0.2) is 0 Å². The van der Waals surface area contributed by atoms with Gasteiger partial charge in [-0.25, -0.2) is 9.97 Å². The van der Waals surface area contributed by atoms with E-state index in [9.17, 15) is 4.79 Å². The molecule has 0 amide bonds. The van der Waals surface area contributed by atoms with Gasteiger partial charge in [0.25, 0.3) is 0 Å². The molecule has 3 heterocycles. The quantitative estimate of drug-likeness (QED) is 0.767. The van der Waals surface area contributed by atoms with Gasteiger partial charge in [0, 0.05) is 24.4 Å². The topological polar surface area (TPSA) is 83.6 Å². The molecule has 7 heteroatoms. The zero-order valence-electron chi connectivity index (χ0n) is 14.3. The first-order valence-corrected chi connectivity index (χ1v) is 9.62. The number of hydrogen-bond acceptors (Lipinski definition) is 6. The predicted octanol–water partition coefficient (Wildman–Crippen LogP) is 3.32. The zero-order valence-corrected chi connectivity index (χ0v) is 15.1. The van der Waals surface area contributed by atoms with Gasteiger partial charge >= 0.3 is 0 Å². The lowest BCUT2D eigenvalue weighted by molar-refractivity contribution is 0.0904. The summed E-state index contributed by atoms with van der Waals surface area (Å²) in [5.74, 6) is 0.392. The summed E-state index contributed by atoms with van der Waals surface area (Å²) >= 11 is 1.69. The Kier molecular flexibility index (Phi) is 4.78. The maximum Gasteiger partial charge on any atom is 0.245 e. The Morgan fingerprint density at radius 3 is 2.92 bits per heavy atom. The normalized spacial score (nSPS) is 20.1. The number of nitriles is 1. The maximum absolute atomic E-state index is 12.2. The average molecular weight is 365 g/mol. The van der Waals surface area contributed by atoms with Crippen LogP contribution < -0.4 is 5.32 Å². The first-order chi connectivity index (χ1) is 12.7. The van der Waals surface area contributed by atoms with Crippen molar-refractivity contribution in [3.05, 3.63) is 47.4 Å². The lowest BCUT2D eigenvalue weighted by Gasteiger charge is -2.27. The first-order valence-electron chi connectivity index (χ1n) is 8.80. The molecule has 0 radical (unpaired) electrons. The van der Waals surface area contributed by atoms with Gasteiger partial charge in [0.05, 0.1) is 11.6 Å². The molecule has 3 aromatic rings. The standard InChI is InChI=1S/C19H19N5OS/c20-11-15-3-2-10-24(15)17(25)12-22-14-7-5-13(6-8-14)18-23-16-4-1-9-21-19(16)26-18/h1-4,9-10,13-14,22H,5-8,12H2. The zero-order chi connectivity index (χ0) is 17.9. The lowest BCUT2D eigenvalue weighted by atomic mass is 9.86. The molecular formula is C19H19N5OS.